The first-order chi connectivity index (χ1) is 16.7. The predicted molar refractivity (Wildman–Crippen MR) is 124 cm³/mol. The van der Waals surface area contributed by atoms with E-state index in [1.165, 1.54) is 12.1 Å². The summed E-state index contributed by atoms with van der Waals surface area (Å²) in [4.78, 5) is 12.8. The number of amides is 1. The van der Waals surface area contributed by atoms with Gasteiger partial charge in [-0.15, -0.1) is 0 Å². The van der Waals surface area contributed by atoms with Crippen molar-refractivity contribution in [1.29, 1.82) is 5.26 Å². The van der Waals surface area contributed by atoms with Crippen molar-refractivity contribution < 1.29 is 22.7 Å². The maximum atomic E-state index is 13.6. The fourth-order valence-corrected chi connectivity index (χ4v) is 5.18. The van der Waals surface area contributed by atoms with E-state index in [2.05, 4.69) is 27.4 Å². The number of hydrogen-bond donors (Lipinski definition) is 4. The molecule has 0 aliphatic carbocycles. The summed E-state index contributed by atoms with van der Waals surface area (Å²) in [6.45, 7) is 5.46. The smallest absolute Gasteiger partial charge is 0.380 e. The van der Waals surface area contributed by atoms with Gasteiger partial charge in [0.2, 0.25) is 5.91 Å². The highest BCUT2D eigenvalue weighted by atomic mass is 19.4. The fraction of sp³-hybridized carbons (Fsp3) is 0.667. The van der Waals surface area contributed by atoms with Crippen LogP contribution in [-0.4, -0.2) is 61.6 Å². The Morgan fingerprint density at radius 1 is 1.23 bits per heavy atom. The van der Waals surface area contributed by atoms with Gasteiger partial charge in [0.05, 0.1) is 30.6 Å². The summed E-state index contributed by atoms with van der Waals surface area (Å²) in [6.07, 6.45) is -3.52. The van der Waals surface area contributed by atoms with Crippen molar-refractivity contribution in [2.24, 2.45) is 17.8 Å². The number of rotatable bonds is 7. The van der Waals surface area contributed by atoms with Gasteiger partial charge in [-0.3, -0.25) is 4.79 Å². The number of hydrazine groups is 1. The molecule has 0 spiro atoms. The van der Waals surface area contributed by atoms with Crippen molar-refractivity contribution in [3.8, 4) is 6.07 Å². The van der Waals surface area contributed by atoms with Crippen LogP contribution in [0.25, 0.3) is 0 Å². The third kappa shape index (κ3) is 5.72. The summed E-state index contributed by atoms with van der Waals surface area (Å²) in [5.41, 5.74) is 4.12. The van der Waals surface area contributed by atoms with Crippen LogP contribution >= 0.6 is 0 Å². The Morgan fingerprint density at radius 2 is 1.97 bits per heavy atom. The topological polar surface area (TPSA) is 101 Å². The summed E-state index contributed by atoms with van der Waals surface area (Å²) < 4.78 is 46.5. The van der Waals surface area contributed by atoms with Gasteiger partial charge in [-0.2, -0.15) is 18.4 Å². The minimum Gasteiger partial charge on any atom is -0.380 e. The van der Waals surface area contributed by atoms with Crippen LogP contribution in [0.4, 0.5) is 18.9 Å². The second kappa shape index (κ2) is 10.7. The van der Waals surface area contributed by atoms with E-state index in [0.717, 1.165) is 6.42 Å². The average Bonchev–Trinajstić information content (AvgIpc) is 3.18. The molecule has 1 amide bonds. The first kappa shape index (κ1) is 25.7. The highest BCUT2D eigenvalue weighted by molar-refractivity contribution is 5.82. The van der Waals surface area contributed by atoms with E-state index in [1.807, 2.05) is 18.9 Å². The minimum absolute atomic E-state index is 0.0851. The quantitative estimate of drug-likeness (QED) is 0.462. The van der Waals surface area contributed by atoms with Gasteiger partial charge >= 0.3 is 6.18 Å². The molecule has 3 aliphatic rings. The lowest BCUT2D eigenvalue weighted by molar-refractivity contribution is -0.158. The van der Waals surface area contributed by atoms with E-state index < -0.39 is 24.3 Å². The van der Waals surface area contributed by atoms with Gasteiger partial charge in [0.1, 0.15) is 12.2 Å². The summed E-state index contributed by atoms with van der Waals surface area (Å²) in [6, 6.07) is 6.45. The van der Waals surface area contributed by atoms with Gasteiger partial charge < -0.3 is 20.7 Å². The molecule has 0 saturated carbocycles. The van der Waals surface area contributed by atoms with Crippen LogP contribution in [0.3, 0.4) is 0 Å². The molecule has 8 nitrogen and oxygen atoms in total. The van der Waals surface area contributed by atoms with Crippen molar-refractivity contribution in [3.05, 3.63) is 29.8 Å². The van der Waals surface area contributed by atoms with Crippen molar-refractivity contribution in [2.75, 3.05) is 31.6 Å². The molecule has 192 valence electrons. The normalized spacial score (nSPS) is 30.4. The second-order valence-electron chi connectivity index (χ2n) is 9.90. The number of carbonyl (C=O) groups excluding carboxylic acids is 1. The first-order valence-electron chi connectivity index (χ1n) is 12.1. The van der Waals surface area contributed by atoms with Gasteiger partial charge in [0, 0.05) is 24.9 Å². The van der Waals surface area contributed by atoms with E-state index in [0.29, 0.717) is 31.9 Å². The number of ether oxygens (including phenoxy) is 1. The van der Waals surface area contributed by atoms with Crippen molar-refractivity contribution >= 4 is 11.6 Å². The highest BCUT2D eigenvalue weighted by Gasteiger charge is 2.51. The molecule has 3 saturated heterocycles. The van der Waals surface area contributed by atoms with Gasteiger partial charge in [0.25, 0.3) is 0 Å². The Bertz CT molecular complexity index is 919. The highest BCUT2D eigenvalue weighted by Crippen LogP contribution is 2.35. The molecule has 35 heavy (non-hydrogen) atoms. The number of nitrogens with zero attached hydrogens (tertiary/aromatic N) is 2. The lowest BCUT2D eigenvalue weighted by Crippen LogP contribution is -2.56. The number of piperidine rings is 1. The van der Waals surface area contributed by atoms with E-state index in [4.69, 9.17) is 4.74 Å². The minimum atomic E-state index is -4.41. The zero-order valence-corrected chi connectivity index (χ0v) is 19.9. The van der Waals surface area contributed by atoms with Gasteiger partial charge in [-0.05, 0) is 43.0 Å². The Labute approximate surface area is 203 Å². The van der Waals surface area contributed by atoms with Crippen molar-refractivity contribution in [2.45, 2.75) is 57.2 Å². The van der Waals surface area contributed by atoms with Crippen molar-refractivity contribution in [3.63, 3.8) is 0 Å². The molecule has 4 rings (SSSR count). The van der Waals surface area contributed by atoms with E-state index in [-0.39, 0.29) is 41.9 Å². The average molecular weight is 495 g/mol. The van der Waals surface area contributed by atoms with Crippen molar-refractivity contribution in [1.82, 2.24) is 21.1 Å². The summed E-state index contributed by atoms with van der Waals surface area (Å²) in [5, 5.41) is 20.4. The first-order valence-corrected chi connectivity index (χ1v) is 12.1. The summed E-state index contributed by atoms with van der Waals surface area (Å²) in [5.74, 6) is -0.634. The molecule has 11 heteroatoms. The number of hydrogen-bond acceptors (Lipinski definition) is 7. The maximum Gasteiger partial charge on any atom is 0.407 e. The zero-order valence-electron chi connectivity index (χ0n) is 19.9. The van der Waals surface area contributed by atoms with Crippen LogP contribution in [-0.2, 0) is 9.53 Å². The molecule has 3 fully saturated rings. The third-order valence-corrected chi connectivity index (χ3v) is 6.93. The largest absolute Gasteiger partial charge is 0.407 e. The molecule has 1 aromatic rings. The van der Waals surface area contributed by atoms with Crippen LogP contribution in [0.5, 0.6) is 0 Å². The Morgan fingerprint density at radius 3 is 2.63 bits per heavy atom. The number of benzene rings is 1. The number of nitrogens with one attached hydrogen (secondary N) is 4. The van der Waals surface area contributed by atoms with E-state index in [9.17, 15) is 23.2 Å². The SMILES string of the molecule is CC(C)CNC(c1ccc(NC2NN([C@H]3COCC[C@@H]3C#N)C3CCNC(=O)C23)cc1)C(F)(F)F. The molecule has 3 heterocycles. The van der Waals surface area contributed by atoms with Crippen LogP contribution in [0.2, 0.25) is 0 Å². The summed E-state index contributed by atoms with van der Waals surface area (Å²) in [7, 11) is 0. The Hall–Kier alpha value is -2.39. The fourth-order valence-electron chi connectivity index (χ4n) is 5.18. The predicted octanol–water partition coefficient (Wildman–Crippen LogP) is 2.53. The van der Waals surface area contributed by atoms with Crippen LogP contribution in [0.15, 0.2) is 24.3 Å². The number of anilines is 1. The number of fused-ring (bicyclic) bond motifs is 1. The molecule has 1 aromatic carbocycles. The molecule has 0 bridgehead atoms. The molecule has 4 N–H and O–H groups in total. The lowest BCUT2D eigenvalue weighted by atomic mass is 9.88. The molecular formula is C24H33F3N6O2. The number of halogens is 3. The third-order valence-electron chi connectivity index (χ3n) is 6.93. The molecular weight excluding hydrogens is 461 g/mol. The second-order valence-corrected chi connectivity index (χ2v) is 9.90. The molecule has 4 unspecified atom stereocenters. The van der Waals surface area contributed by atoms with Crippen LogP contribution in [0.1, 0.15) is 38.3 Å². The van der Waals surface area contributed by atoms with Crippen LogP contribution < -0.4 is 21.4 Å². The number of nitriles is 1. The number of carbonyl (C=O) groups is 1. The van der Waals surface area contributed by atoms with Crippen LogP contribution in [0, 0.1) is 29.1 Å². The zero-order chi connectivity index (χ0) is 25.2. The van der Waals surface area contributed by atoms with Gasteiger partial charge in [-0.1, -0.05) is 26.0 Å². The maximum absolute atomic E-state index is 13.6. The molecule has 0 radical (unpaired) electrons. The van der Waals surface area contributed by atoms with E-state index >= 15 is 0 Å². The molecule has 3 aliphatic heterocycles. The Kier molecular flexibility index (Phi) is 7.86. The lowest BCUT2D eigenvalue weighted by Gasteiger charge is -2.39. The number of alkyl halides is 3. The molecule has 0 aromatic heterocycles. The monoisotopic (exact) mass is 494 g/mol. The Balaban J connectivity index is 1.50. The van der Waals surface area contributed by atoms with E-state index in [1.54, 1.807) is 12.1 Å². The standard InChI is InChI=1S/C24H33F3N6O2/c1-14(2)12-30-21(24(25,26)27)15-3-5-17(6-4-15)31-22-20-18(7-9-29-23(20)34)33(32-22)19-13-35-10-8-16(19)11-28/h3-6,14,16,18-22,30-32H,7-10,12-13H2,1-2H3,(H,29,34)/t16-,18?,19+,20?,21?,22?/m1/s1. The van der Waals surface area contributed by atoms with Gasteiger partial charge in [0.15, 0.2) is 0 Å². The van der Waals surface area contributed by atoms with Gasteiger partial charge in [-0.25, -0.2) is 10.4 Å². The summed E-state index contributed by atoms with van der Waals surface area (Å²) >= 11 is 0. The molecule has 6 atom stereocenters.